The Morgan fingerprint density at radius 2 is 1.85 bits per heavy atom. The Hall–Kier alpha value is -2.67. The molecule has 0 radical (unpaired) electrons. The van der Waals surface area contributed by atoms with E-state index in [0.29, 0.717) is 17.9 Å². The second-order valence-electron chi connectivity index (χ2n) is 6.07. The molecule has 6 nitrogen and oxygen atoms in total. The molecule has 3 rings (SSSR count). The van der Waals surface area contributed by atoms with E-state index in [1.807, 2.05) is 42.5 Å². The second-order valence-corrected chi connectivity index (χ2v) is 8.37. The molecule has 1 N–H and O–H groups in total. The maximum atomic E-state index is 12.4. The van der Waals surface area contributed by atoms with Gasteiger partial charge in [0.05, 0.1) is 17.1 Å². The Balaban J connectivity index is 1.52. The van der Waals surface area contributed by atoms with Gasteiger partial charge in [-0.1, -0.05) is 42.5 Å². The van der Waals surface area contributed by atoms with Crippen LogP contribution < -0.4 is 5.32 Å². The number of hydrogen-bond acceptors (Lipinski definition) is 5. The molecule has 1 aliphatic rings. The summed E-state index contributed by atoms with van der Waals surface area (Å²) in [5.74, 6) is 0.558. The van der Waals surface area contributed by atoms with Gasteiger partial charge in [-0.3, -0.25) is 4.79 Å². The molecular formula is C19H21N3O3S. The summed E-state index contributed by atoms with van der Waals surface area (Å²) in [6.45, 7) is 1.11. The van der Waals surface area contributed by atoms with Crippen molar-refractivity contribution in [1.29, 1.82) is 0 Å². The van der Waals surface area contributed by atoms with E-state index < -0.39 is 9.84 Å². The van der Waals surface area contributed by atoms with Crippen LogP contribution in [0.2, 0.25) is 0 Å². The topological polar surface area (TPSA) is 79.4 Å². The van der Waals surface area contributed by atoms with E-state index in [2.05, 4.69) is 10.3 Å². The van der Waals surface area contributed by atoms with Gasteiger partial charge in [-0.05, 0) is 17.7 Å². The van der Waals surface area contributed by atoms with Gasteiger partial charge in [-0.2, -0.15) is 0 Å². The molecule has 1 aromatic heterocycles. The number of benzene rings is 1. The number of carbonyl (C=O) groups is 1. The fourth-order valence-corrected chi connectivity index (χ4v) is 3.85. The van der Waals surface area contributed by atoms with Crippen molar-refractivity contribution < 1.29 is 13.2 Å². The van der Waals surface area contributed by atoms with Crippen molar-refractivity contribution in [3.63, 3.8) is 0 Å². The first-order valence-electron chi connectivity index (χ1n) is 8.45. The Kier molecular flexibility index (Phi) is 5.68. The number of anilines is 1. The predicted octanol–water partition coefficient (Wildman–Crippen LogP) is 2.08. The zero-order valence-electron chi connectivity index (χ0n) is 14.3. The molecule has 1 aromatic carbocycles. The molecule has 0 bridgehead atoms. The van der Waals surface area contributed by atoms with E-state index >= 15 is 0 Å². The monoisotopic (exact) mass is 371 g/mol. The number of pyridine rings is 1. The first-order chi connectivity index (χ1) is 12.5. The predicted molar refractivity (Wildman–Crippen MR) is 103 cm³/mol. The molecule has 136 valence electrons. The van der Waals surface area contributed by atoms with Gasteiger partial charge < -0.3 is 10.2 Å². The summed E-state index contributed by atoms with van der Waals surface area (Å²) in [6, 6.07) is 13.5. The molecule has 0 atom stereocenters. The van der Waals surface area contributed by atoms with Crippen molar-refractivity contribution in [2.75, 3.05) is 36.5 Å². The number of amides is 1. The van der Waals surface area contributed by atoms with Gasteiger partial charge >= 0.3 is 0 Å². The van der Waals surface area contributed by atoms with E-state index in [9.17, 15) is 13.2 Å². The van der Waals surface area contributed by atoms with Crippen LogP contribution in [0.5, 0.6) is 0 Å². The molecule has 2 aromatic rings. The van der Waals surface area contributed by atoms with Crippen LogP contribution in [0.25, 0.3) is 6.08 Å². The van der Waals surface area contributed by atoms with Gasteiger partial charge in [0.15, 0.2) is 9.84 Å². The third-order valence-corrected chi connectivity index (χ3v) is 5.76. The van der Waals surface area contributed by atoms with Crippen molar-refractivity contribution in [2.45, 2.75) is 0 Å². The normalized spacial score (nSPS) is 16.5. The smallest absolute Gasteiger partial charge is 0.255 e. The van der Waals surface area contributed by atoms with Crippen LogP contribution in [0.4, 0.5) is 5.82 Å². The average molecular weight is 371 g/mol. The molecule has 2 heterocycles. The summed E-state index contributed by atoms with van der Waals surface area (Å²) in [5, 5.41) is 3.17. The average Bonchev–Trinajstić information content (AvgIpc) is 2.66. The Morgan fingerprint density at radius 1 is 1.12 bits per heavy atom. The lowest BCUT2D eigenvalue weighted by molar-refractivity contribution is 0.0770. The molecule has 26 heavy (non-hydrogen) atoms. The van der Waals surface area contributed by atoms with Gasteiger partial charge in [0.2, 0.25) is 0 Å². The quantitative estimate of drug-likeness (QED) is 0.870. The maximum Gasteiger partial charge on any atom is 0.255 e. The van der Waals surface area contributed by atoms with E-state index in [-0.39, 0.29) is 30.5 Å². The van der Waals surface area contributed by atoms with Crippen LogP contribution in [0.1, 0.15) is 15.9 Å². The molecule has 1 fully saturated rings. The summed E-state index contributed by atoms with van der Waals surface area (Å²) in [7, 11) is -3.00. The minimum atomic E-state index is -3.00. The molecule has 7 heteroatoms. The minimum absolute atomic E-state index is 0.0273. The lowest BCUT2D eigenvalue weighted by atomic mass is 10.2. The fourth-order valence-electron chi connectivity index (χ4n) is 2.65. The van der Waals surface area contributed by atoms with Crippen molar-refractivity contribution in [1.82, 2.24) is 9.88 Å². The first-order valence-corrected chi connectivity index (χ1v) is 10.3. The first kappa shape index (κ1) is 18.1. The fraction of sp³-hybridized carbons (Fsp3) is 0.263. The van der Waals surface area contributed by atoms with Crippen LogP contribution in [0, 0.1) is 0 Å². The van der Waals surface area contributed by atoms with E-state index in [1.54, 1.807) is 17.0 Å². The highest BCUT2D eigenvalue weighted by molar-refractivity contribution is 7.91. The standard InChI is InChI=1S/C19H21N3O3S/c23-19(22-11-13-26(24,25)14-12-22)17-8-9-18(21-15-17)20-10-4-7-16-5-2-1-3-6-16/h1-9,15H,10-14H2,(H,20,21)/b7-4+. The maximum absolute atomic E-state index is 12.4. The molecule has 1 amide bonds. The zero-order chi connectivity index (χ0) is 18.4. The van der Waals surface area contributed by atoms with Crippen LogP contribution in [-0.2, 0) is 9.84 Å². The van der Waals surface area contributed by atoms with Crippen LogP contribution in [0.3, 0.4) is 0 Å². The second kappa shape index (κ2) is 8.14. The third-order valence-electron chi connectivity index (χ3n) is 4.15. The summed E-state index contributed by atoms with van der Waals surface area (Å²) < 4.78 is 22.9. The molecule has 0 aliphatic carbocycles. The molecule has 0 saturated carbocycles. The van der Waals surface area contributed by atoms with Gasteiger partial charge in [0.1, 0.15) is 5.82 Å². The largest absolute Gasteiger partial charge is 0.367 e. The van der Waals surface area contributed by atoms with Crippen LogP contribution in [0.15, 0.2) is 54.7 Å². The highest BCUT2D eigenvalue weighted by atomic mass is 32.2. The highest BCUT2D eigenvalue weighted by Gasteiger charge is 2.25. The number of nitrogens with zero attached hydrogens (tertiary/aromatic N) is 2. The van der Waals surface area contributed by atoms with Crippen molar-refractivity contribution in [2.24, 2.45) is 0 Å². The van der Waals surface area contributed by atoms with Gasteiger partial charge in [0.25, 0.3) is 5.91 Å². The Morgan fingerprint density at radius 3 is 2.50 bits per heavy atom. The van der Waals surface area contributed by atoms with E-state index in [1.165, 1.54) is 6.20 Å². The van der Waals surface area contributed by atoms with Crippen molar-refractivity contribution in [3.05, 3.63) is 65.9 Å². The molecule has 1 aliphatic heterocycles. The van der Waals surface area contributed by atoms with E-state index in [4.69, 9.17) is 0 Å². The van der Waals surface area contributed by atoms with Crippen molar-refractivity contribution >= 4 is 27.6 Å². The van der Waals surface area contributed by atoms with Gasteiger partial charge in [-0.25, -0.2) is 13.4 Å². The summed E-state index contributed by atoms with van der Waals surface area (Å²) in [6.07, 6.45) is 5.55. The molecule has 0 spiro atoms. The number of sulfone groups is 1. The number of nitrogens with one attached hydrogen (secondary N) is 1. The minimum Gasteiger partial charge on any atom is -0.367 e. The number of carbonyl (C=O) groups excluding carboxylic acids is 1. The lowest BCUT2D eigenvalue weighted by Gasteiger charge is -2.26. The number of aromatic nitrogens is 1. The molecular weight excluding hydrogens is 350 g/mol. The summed E-state index contributed by atoms with van der Waals surface area (Å²) in [5.41, 5.74) is 1.60. The van der Waals surface area contributed by atoms with Crippen LogP contribution >= 0.6 is 0 Å². The van der Waals surface area contributed by atoms with Crippen LogP contribution in [-0.4, -0.2) is 55.3 Å². The number of hydrogen-bond donors (Lipinski definition) is 1. The highest BCUT2D eigenvalue weighted by Crippen LogP contribution is 2.11. The van der Waals surface area contributed by atoms with Gasteiger partial charge in [0, 0.05) is 25.8 Å². The Labute approximate surface area is 153 Å². The number of rotatable bonds is 5. The third kappa shape index (κ3) is 4.92. The van der Waals surface area contributed by atoms with Crippen molar-refractivity contribution in [3.8, 4) is 0 Å². The molecule has 0 unspecified atom stereocenters. The Bertz CT molecular complexity index is 864. The summed E-state index contributed by atoms with van der Waals surface area (Å²) >= 11 is 0. The lowest BCUT2D eigenvalue weighted by Crippen LogP contribution is -2.43. The molecule has 1 saturated heterocycles. The zero-order valence-corrected chi connectivity index (χ0v) is 15.2. The summed E-state index contributed by atoms with van der Waals surface area (Å²) in [4.78, 5) is 18.2. The van der Waals surface area contributed by atoms with Gasteiger partial charge in [-0.15, -0.1) is 0 Å². The van der Waals surface area contributed by atoms with E-state index in [0.717, 1.165) is 5.56 Å². The SMILES string of the molecule is O=C(c1ccc(NC/C=C/c2ccccc2)nc1)N1CCS(=O)(=O)CC1.